The first-order valence-corrected chi connectivity index (χ1v) is 3.61. The van der Waals surface area contributed by atoms with Crippen LogP contribution in [0.2, 0.25) is 0 Å². The monoisotopic (exact) mass is 202 g/mol. The first-order chi connectivity index (χ1) is 6.60. The van der Waals surface area contributed by atoms with Gasteiger partial charge in [-0.1, -0.05) is 5.16 Å². The van der Waals surface area contributed by atoms with Gasteiger partial charge in [-0.25, -0.2) is 8.78 Å². The van der Waals surface area contributed by atoms with E-state index in [-0.39, 0.29) is 11.4 Å². The molecule has 0 heterocycles. The molecule has 0 saturated heterocycles. The van der Waals surface area contributed by atoms with Crippen molar-refractivity contribution in [3.05, 3.63) is 29.3 Å². The number of nitrogens with zero attached hydrogens (tertiary/aromatic N) is 1. The molecule has 4 nitrogen and oxygen atoms in total. The molecular formula is C8H8F2N2O2. The number of halogens is 2. The molecule has 0 unspecified atom stereocenters. The summed E-state index contributed by atoms with van der Waals surface area (Å²) in [4.78, 5) is 0. The van der Waals surface area contributed by atoms with Gasteiger partial charge in [-0.2, -0.15) is 0 Å². The van der Waals surface area contributed by atoms with E-state index in [1.807, 2.05) is 0 Å². The van der Waals surface area contributed by atoms with E-state index in [0.717, 1.165) is 19.2 Å². The molecule has 3 N–H and O–H groups in total. The van der Waals surface area contributed by atoms with Gasteiger partial charge in [0.05, 0.1) is 7.11 Å². The highest BCUT2D eigenvalue weighted by molar-refractivity contribution is 5.97. The maximum absolute atomic E-state index is 13.1. The van der Waals surface area contributed by atoms with Gasteiger partial charge in [0.25, 0.3) is 0 Å². The van der Waals surface area contributed by atoms with E-state index in [1.54, 1.807) is 0 Å². The molecule has 0 spiro atoms. The Labute approximate surface area is 78.6 Å². The molecule has 6 heteroatoms. The van der Waals surface area contributed by atoms with Gasteiger partial charge in [0.2, 0.25) is 0 Å². The molecule has 1 rings (SSSR count). The minimum Gasteiger partial charge on any atom is -0.491 e. The fourth-order valence-electron chi connectivity index (χ4n) is 0.961. The van der Waals surface area contributed by atoms with Crippen molar-refractivity contribution >= 4 is 5.84 Å². The summed E-state index contributed by atoms with van der Waals surface area (Å²) in [5, 5.41) is 10.9. The maximum atomic E-state index is 13.1. The number of rotatable bonds is 2. The zero-order valence-corrected chi connectivity index (χ0v) is 7.29. The van der Waals surface area contributed by atoms with E-state index < -0.39 is 17.4 Å². The van der Waals surface area contributed by atoms with Crippen LogP contribution in [0.15, 0.2) is 17.3 Å². The average molecular weight is 202 g/mol. The average Bonchev–Trinajstić information content (AvgIpc) is 2.16. The van der Waals surface area contributed by atoms with Crippen molar-refractivity contribution in [2.45, 2.75) is 0 Å². The summed E-state index contributed by atoms with van der Waals surface area (Å²) in [7, 11) is 1.14. The number of ether oxygens (including phenoxy) is 1. The Morgan fingerprint density at radius 2 is 1.93 bits per heavy atom. The van der Waals surface area contributed by atoms with Crippen LogP contribution in [0.25, 0.3) is 0 Å². The molecule has 0 aliphatic rings. The van der Waals surface area contributed by atoms with Crippen LogP contribution in [0, 0.1) is 11.6 Å². The third kappa shape index (κ3) is 1.73. The first-order valence-electron chi connectivity index (χ1n) is 3.61. The number of hydrogen-bond acceptors (Lipinski definition) is 3. The first kappa shape index (κ1) is 10.2. The predicted molar refractivity (Wildman–Crippen MR) is 45.4 cm³/mol. The van der Waals surface area contributed by atoms with Crippen molar-refractivity contribution in [3.63, 3.8) is 0 Å². The summed E-state index contributed by atoms with van der Waals surface area (Å²) in [5.41, 5.74) is 5.10. The van der Waals surface area contributed by atoms with Crippen molar-refractivity contribution < 1.29 is 18.7 Å². The molecule has 0 atom stereocenters. The largest absolute Gasteiger partial charge is 0.491 e. The molecule has 76 valence electrons. The topological polar surface area (TPSA) is 67.8 Å². The van der Waals surface area contributed by atoms with Crippen molar-refractivity contribution in [3.8, 4) is 5.75 Å². The van der Waals surface area contributed by atoms with Crippen LogP contribution in [0.1, 0.15) is 5.56 Å². The van der Waals surface area contributed by atoms with E-state index in [9.17, 15) is 8.78 Å². The molecule has 1 aromatic rings. The van der Waals surface area contributed by atoms with Crippen LogP contribution >= 0.6 is 0 Å². The van der Waals surface area contributed by atoms with Crippen LogP contribution in [0.5, 0.6) is 5.75 Å². The molecule has 0 saturated carbocycles. The summed E-state index contributed by atoms with van der Waals surface area (Å²) in [6.45, 7) is 0. The Morgan fingerprint density at radius 3 is 2.29 bits per heavy atom. The molecule has 0 bridgehead atoms. The smallest absolute Gasteiger partial charge is 0.190 e. The number of benzene rings is 1. The van der Waals surface area contributed by atoms with Gasteiger partial charge in [-0.05, 0) is 12.1 Å². The second-order valence-corrected chi connectivity index (χ2v) is 2.46. The Morgan fingerprint density at radius 1 is 1.43 bits per heavy atom. The zero-order chi connectivity index (χ0) is 10.7. The molecule has 1 aromatic carbocycles. The van der Waals surface area contributed by atoms with Crippen LogP contribution < -0.4 is 10.5 Å². The van der Waals surface area contributed by atoms with Gasteiger partial charge < -0.3 is 15.7 Å². The number of oxime groups is 1. The molecule has 0 aromatic heterocycles. The SMILES string of the molecule is COc1c(F)cc(C(N)=NO)cc1F. The molecule has 0 aliphatic carbocycles. The van der Waals surface area contributed by atoms with Gasteiger partial charge in [0, 0.05) is 5.56 Å². The third-order valence-electron chi connectivity index (χ3n) is 1.61. The highest BCUT2D eigenvalue weighted by atomic mass is 19.1. The van der Waals surface area contributed by atoms with Crippen molar-refractivity contribution in [1.29, 1.82) is 0 Å². The standard InChI is InChI=1S/C8H8F2N2O2/c1-14-7-5(9)2-4(3-6(7)10)8(11)12-13/h2-3,13H,1H3,(H2,11,12). The summed E-state index contributed by atoms with van der Waals surface area (Å²) in [6, 6.07) is 1.83. The van der Waals surface area contributed by atoms with Gasteiger partial charge >= 0.3 is 0 Å². The van der Waals surface area contributed by atoms with Gasteiger partial charge in [-0.3, -0.25) is 0 Å². The lowest BCUT2D eigenvalue weighted by molar-refractivity contribution is 0.318. The molecule has 0 radical (unpaired) electrons. The summed E-state index contributed by atoms with van der Waals surface area (Å²) >= 11 is 0. The van der Waals surface area contributed by atoms with Gasteiger partial charge in [0.1, 0.15) is 0 Å². The molecule has 0 amide bonds. The second-order valence-electron chi connectivity index (χ2n) is 2.46. The predicted octanol–water partition coefficient (Wildman–Crippen LogP) is 1.07. The van der Waals surface area contributed by atoms with Crippen LogP contribution in [-0.2, 0) is 0 Å². The summed E-state index contributed by atoms with van der Waals surface area (Å²) < 4.78 is 30.6. The van der Waals surface area contributed by atoms with E-state index in [4.69, 9.17) is 10.9 Å². The fraction of sp³-hybridized carbons (Fsp3) is 0.125. The minimum atomic E-state index is -0.908. The Balaban J connectivity index is 3.27. The highest BCUT2D eigenvalue weighted by Gasteiger charge is 2.13. The lowest BCUT2D eigenvalue weighted by atomic mass is 10.2. The second kappa shape index (κ2) is 3.91. The van der Waals surface area contributed by atoms with Gasteiger partial charge in [0.15, 0.2) is 23.2 Å². The van der Waals surface area contributed by atoms with Crippen molar-refractivity contribution in [1.82, 2.24) is 0 Å². The Hall–Kier alpha value is -1.85. The molecular weight excluding hydrogens is 194 g/mol. The minimum absolute atomic E-state index is 0.0525. The normalized spacial score (nSPS) is 11.5. The van der Waals surface area contributed by atoms with E-state index >= 15 is 0 Å². The molecule has 0 aliphatic heterocycles. The third-order valence-corrected chi connectivity index (χ3v) is 1.61. The summed E-state index contributed by atoms with van der Waals surface area (Å²) in [6.07, 6.45) is 0. The van der Waals surface area contributed by atoms with Crippen LogP contribution in [0.4, 0.5) is 8.78 Å². The van der Waals surface area contributed by atoms with Gasteiger partial charge in [-0.15, -0.1) is 0 Å². The van der Waals surface area contributed by atoms with Crippen LogP contribution in [0.3, 0.4) is 0 Å². The number of methoxy groups -OCH3 is 1. The number of amidine groups is 1. The number of hydrogen-bond donors (Lipinski definition) is 2. The molecule has 14 heavy (non-hydrogen) atoms. The van der Waals surface area contributed by atoms with Crippen molar-refractivity contribution in [2.24, 2.45) is 10.9 Å². The zero-order valence-electron chi connectivity index (χ0n) is 7.29. The van der Waals surface area contributed by atoms with Crippen molar-refractivity contribution in [2.75, 3.05) is 7.11 Å². The Bertz CT molecular complexity index is 357. The van der Waals surface area contributed by atoms with Crippen LogP contribution in [-0.4, -0.2) is 18.2 Å². The van der Waals surface area contributed by atoms with E-state index in [2.05, 4.69) is 9.89 Å². The number of nitrogens with two attached hydrogens (primary N) is 1. The van der Waals surface area contributed by atoms with E-state index in [1.165, 1.54) is 0 Å². The highest BCUT2D eigenvalue weighted by Crippen LogP contribution is 2.22. The van der Waals surface area contributed by atoms with E-state index in [0.29, 0.717) is 0 Å². The lowest BCUT2D eigenvalue weighted by Crippen LogP contribution is -2.14. The Kier molecular flexibility index (Phi) is 2.85. The fourth-order valence-corrected chi connectivity index (χ4v) is 0.961. The molecule has 0 fully saturated rings. The quantitative estimate of drug-likeness (QED) is 0.326. The maximum Gasteiger partial charge on any atom is 0.190 e. The summed E-state index contributed by atoms with van der Waals surface area (Å²) in [5.74, 6) is -2.69. The lowest BCUT2D eigenvalue weighted by Gasteiger charge is -2.05.